The molecule has 8 rings (SSSR count). The first-order valence-electron chi connectivity index (χ1n) is 15.5. The summed E-state index contributed by atoms with van der Waals surface area (Å²) in [7, 11) is 0. The third-order valence-electron chi connectivity index (χ3n) is 9.84. The minimum absolute atomic E-state index is 0.0438. The van der Waals surface area contributed by atoms with Crippen LogP contribution in [0, 0.1) is 17.6 Å². The van der Waals surface area contributed by atoms with Gasteiger partial charge in [0.1, 0.15) is 5.82 Å². The molecule has 1 saturated carbocycles. The van der Waals surface area contributed by atoms with Crippen molar-refractivity contribution in [3.8, 4) is 11.4 Å². The Morgan fingerprint density at radius 2 is 1.57 bits per heavy atom. The fraction of sp³-hybridized carbons (Fsp3) is 0.167. The average Bonchev–Trinajstić information content (AvgIpc) is 3.48. The molecule has 4 aromatic carbocycles. The van der Waals surface area contributed by atoms with Gasteiger partial charge in [0.2, 0.25) is 0 Å². The van der Waals surface area contributed by atoms with Crippen molar-refractivity contribution in [2.45, 2.75) is 30.3 Å². The molecule has 2 fully saturated rings. The summed E-state index contributed by atoms with van der Waals surface area (Å²) >= 11 is 6.28. The van der Waals surface area contributed by atoms with E-state index >= 15 is 9.18 Å². The third-order valence-corrected chi connectivity index (χ3v) is 10.1. The molecule has 2 aliphatic heterocycles. The predicted octanol–water partition coefficient (Wildman–Crippen LogP) is 5.06. The first kappa shape index (κ1) is 30.6. The quantitative estimate of drug-likeness (QED) is 0.198. The average molecular weight is 682 g/mol. The van der Waals surface area contributed by atoms with Crippen LogP contribution < -0.4 is 16.8 Å². The maximum atomic E-state index is 15.2. The van der Waals surface area contributed by atoms with Crippen molar-refractivity contribution in [3.63, 3.8) is 0 Å². The molecule has 49 heavy (non-hydrogen) atoms. The van der Waals surface area contributed by atoms with Crippen LogP contribution in [0.3, 0.4) is 0 Å². The number of carbonyl (C=O) groups is 2. The molecule has 0 spiro atoms. The summed E-state index contributed by atoms with van der Waals surface area (Å²) in [6.45, 7) is -0.0438. The lowest BCUT2D eigenvalue weighted by atomic mass is 9.53. The summed E-state index contributed by atoms with van der Waals surface area (Å²) in [5.41, 5.74) is 1.76. The van der Waals surface area contributed by atoms with Gasteiger partial charge in [0.25, 0.3) is 11.8 Å². The molecule has 3 aliphatic rings. The Morgan fingerprint density at radius 3 is 2.27 bits per heavy atom. The Bertz CT molecular complexity index is 2320. The van der Waals surface area contributed by atoms with Crippen molar-refractivity contribution in [2.75, 3.05) is 5.43 Å². The van der Waals surface area contributed by atoms with Crippen molar-refractivity contribution in [2.24, 2.45) is 5.92 Å². The molecule has 3 heterocycles. The molecule has 0 radical (unpaired) electrons. The topological polar surface area (TPSA) is 119 Å². The number of nitrogens with one attached hydrogen (secondary N) is 1. The second kappa shape index (κ2) is 11.2. The van der Waals surface area contributed by atoms with Gasteiger partial charge in [0.15, 0.2) is 11.6 Å². The maximum absolute atomic E-state index is 15.2. The van der Waals surface area contributed by atoms with E-state index in [1.54, 1.807) is 60.7 Å². The van der Waals surface area contributed by atoms with E-state index in [-0.39, 0.29) is 24.2 Å². The van der Waals surface area contributed by atoms with Crippen molar-refractivity contribution in [1.29, 1.82) is 0 Å². The van der Waals surface area contributed by atoms with E-state index in [1.807, 2.05) is 0 Å². The number of imide groups is 1. The normalized spacial score (nSPS) is 22.7. The summed E-state index contributed by atoms with van der Waals surface area (Å²) in [4.78, 5) is 57.5. The first-order valence-corrected chi connectivity index (χ1v) is 15.8. The molecular formula is C36H26ClF2N5O5. The lowest BCUT2D eigenvalue weighted by Gasteiger charge is -2.49. The highest BCUT2D eigenvalue weighted by Gasteiger charge is 2.68. The maximum Gasteiger partial charge on any atom is 0.352 e. The van der Waals surface area contributed by atoms with Crippen LogP contribution in [0.4, 0.5) is 14.5 Å². The molecule has 2 amide bonds. The van der Waals surface area contributed by atoms with E-state index in [0.29, 0.717) is 21.8 Å². The van der Waals surface area contributed by atoms with E-state index in [2.05, 4.69) is 5.43 Å². The van der Waals surface area contributed by atoms with Gasteiger partial charge in [-0.15, -0.1) is 0 Å². The molecular weight excluding hydrogens is 656 g/mol. The van der Waals surface area contributed by atoms with Gasteiger partial charge in [-0.05, 0) is 83.8 Å². The summed E-state index contributed by atoms with van der Waals surface area (Å²) in [5.74, 6) is -5.57. The number of halogens is 3. The molecule has 246 valence electrons. The van der Waals surface area contributed by atoms with Crippen molar-refractivity contribution >= 4 is 29.1 Å². The fourth-order valence-electron chi connectivity index (χ4n) is 7.79. The highest BCUT2D eigenvalue weighted by atomic mass is 35.5. The molecule has 0 bridgehead atoms. The number of benzene rings is 4. The largest absolute Gasteiger partial charge is 0.505 e. The zero-order valence-corrected chi connectivity index (χ0v) is 26.2. The number of aromatic nitrogens is 3. The minimum atomic E-state index is -1.70. The standard InChI is InChI=1S/C36H26ClF2N5O5/c37-22-9-7-21(8-10-22)36-27(32(46)43(33(36)47)40-24-13-11-23(38)12-14-24)19-29-26(31(36)20-6-15-30(45)28(39)18-20)16-17-41-34(48)42(35(49)44(29)41)25-4-2-1-3-5-25/h1-16,18,27,29,31,40,45H,17,19H2/t27-,29+,31-,36+/m0/s1. The Balaban J connectivity index is 1.38. The third kappa shape index (κ3) is 4.43. The van der Waals surface area contributed by atoms with Crippen LogP contribution in [0.1, 0.15) is 29.5 Å². The Morgan fingerprint density at radius 1 is 0.857 bits per heavy atom. The van der Waals surface area contributed by atoms with Gasteiger partial charge in [-0.2, -0.15) is 5.01 Å². The molecule has 2 N–H and O–H groups in total. The van der Waals surface area contributed by atoms with Crippen molar-refractivity contribution < 1.29 is 23.5 Å². The number of phenols is 1. The summed E-state index contributed by atoms with van der Waals surface area (Å²) < 4.78 is 32.6. The van der Waals surface area contributed by atoms with Crippen LogP contribution in [-0.4, -0.2) is 35.9 Å². The number of rotatable bonds is 5. The number of allylic oxidation sites excluding steroid dienone is 2. The second-order valence-electron chi connectivity index (χ2n) is 12.3. The molecule has 1 saturated heterocycles. The number of amides is 2. The van der Waals surface area contributed by atoms with Gasteiger partial charge in [-0.1, -0.05) is 54.1 Å². The fourth-order valence-corrected chi connectivity index (χ4v) is 7.92. The number of hydrogen-bond donors (Lipinski definition) is 2. The molecule has 13 heteroatoms. The Labute approximate surface area is 281 Å². The van der Waals surface area contributed by atoms with E-state index < -0.39 is 63.9 Å². The van der Waals surface area contributed by atoms with Gasteiger partial charge in [-0.3, -0.25) is 15.0 Å². The lowest BCUT2D eigenvalue weighted by molar-refractivity contribution is -0.138. The number of nitrogens with zero attached hydrogens (tertiary/aromatic N) is 4. The van der Waals surface area contributed by atoms with Crippen LogP contribution >= 0.6 is 11.6 Å². The van der Waals surface area contributed by atoms with Crippen LogP contribution in [0.2, 0.25) is 5.02 Å². The summed E-state index contributed by atoms with van der Waals surface area (Å²) in [5, 5.41) is 11.4. The first-order chi connectivity index (χ1) is 23.6. The van der Waals surface area contributed by atoms with Gasteiger partial charge in [-0.25, -0.2) is 32.3 Å². The Kier molecular flexibility index (Phi) is 6.97. The SMILES string of the molecule is O=C1[C@@H]2C[C@@H]3C(=CCn4c(=O)n(-c5ccccc5)c(=O)n43)[C@H](c3ccc(O)c(F)c3)[C@]2(c2ccc(Cl)cc2)C(=O)N1Nc1ccc(F)cc1. The second-order valence-corrected chi connectivity index (χ2v) is 12.7. The molecule has 10 nitrogen and oxygen atoms in total. The van der Waals surface area contributed by atoms with E-state index in [0.717, 1.165) is 15.6 Å². The molecule has 5 aromatic rings. The van der Waals surface area contributed by atoms with E-state index in [1.165, 1.54) is 45.8 Å². The number of anilines is 1. The van der Waals surface area contributed by atoms with Gasteiger partial charge >= 0.3 is 11.4 Å². The van der Waals surface area contributed by atoms with Gasteiger partial charge in [0, 0.05) is 10.9 Å². The molecule has 1 aliphatic carbocycles. The van der Waals surface area contributed by atoms with Crippen LogP contribution in [-0.2, 0) is 21.5 Å². The summed E-state index contributed by atoms with van der Waals surface area (Å²) in [6.07, 6.45) is 1.67. The zero-order chi connectivity index (χ0) is 34.2. The van der Waals surface area contributed by atoms with Gasteiger partial charge in [0.05, 0.1) is 35.3 Å². The van der Waals surface area contributed by atoms with E-state index in [9.17, 15) is 23.9 Å². The molecule has 1 aromatic heterocycles. The predicted molar refractivity (Wildman–Crippen MR) is 175 cm³/mol. The van der Waals surface area contributed by atoms with Crippen molar-refractivity contribution in [1.82, 2.24) is 18.9 Å². The van der Waals surface area contributed by atoms with Crippen LogP contribution in [0.15, 0.2) is 118 Å². The number of phenolic OH excluding ortho intramolecular Hbond substituents is 1. The van der Waals surface area contributed by atoms with Crippen molar-refractivity contribution in [3.05, 3.63) is 157 Å². The van der Waals surface area contributed by atoms with E-state index in [4.69, 9.17) is 11.6 Å². The zero-order valence-electron chi connectivity index (χ0n) is 25.5. The van der Waals surface area contributed by atoms with Gasteiger partial charge < -0.3 is 5.11 Å². The highest BCUT2D eigenvalue weighted by Crippen LogP contribution is 2.62. The number of aromatic hydroxyl groups is 1. The van der Waals surface area contributed by atoms with Crippen LogP contribution in [0.5, 0.6) is 5.75 Å². The molecule has 0 unspecified atom stereocenters. The number of fused-ring (bicyclic) bond motifs is 4. The lowest BCUT2D eigenvalue weighted by Crippen LogP contribution is -2.53. The number of hydrazine groups is 1. The molecule has 4 atom stereocenters. The Hall–Kier alpha value is -5.75. The van der Waals surface area contributed by atoms with Crippen LogP contribution in [0.25, 0.3) is 5.69 Å². The number of para-hydroxylation sites is 1. The minimum Gasteiger partial charge on any atom is -0.505 e. The number of carbonyl (C=O) groups excluding carboxylic acids is 2. The smallest absolute Gasteiger partial charge is 0.352 e. The highest BCUT2D eigenvalue weighted by molar-refractivity contribution is 6.30. The number of hydrogen-bond acceptors (Lipinski definition) is 6. The monoisotopic (exact) mass is 681 g/mol. The summed E-state index contributed by atoms with van der Waals surface area (Å²) in [6, 6.07) is 22.9.